The van der Waals surface area contributed by atoms with Gasteiger partial charge in [0, 0.05) is 6.08 Å². The Morgan fingerprint density at radius 2 is 2.27 bits per heavy atom. The summed E-state index contributed by atoms with van der Waals surface area (Å²) < 4.78 is 3.71. The van der Waals surface area contributed by atoms with Gasteiger partial charge in [-0.05, 0) is 12.0 Å². The molecule has 1 aromatic rings. The van der Waals surface area contributed by atoms with Crippen molar-refractivity contribution < 1.29 is 4.68 Å². The van der Waals surface area contributed by atoms with Crippen molar-refractivity contribution in [3.05, 3.63) is 11.9 Å². The maximum Gasteiger partial charge on any atom is 0.303 e. The van der Waals surface area contributed by atoms with Crippen molar-refractivity contribution in [2.75, 3.05) is 0 Å². The van der Waals surface area contributed by atoms with E-state index in [2.05, 4.69) is 17.7 Å². The summed E-state index contributed by atoms with van der Waals surface area (Å²) in [4.78, 5) is 0. The summed E-state index contributed by atoms with van der Waals surface area (Å²) in [6.45, 7) is 1.98. The molecule has 0 unspecified atom stereocenters. The summed E-state index contributed by atoms with van der Waals surface area (Å²) in [5.74, 6) is 1.04. The Morgan fingerprint density at radius 3 is 2.64 bits per heavy atom. The topological polar surface area (TPSA) is 21.7 Å². The van der Waals surface area contributed by atoms with E-state index in [0.29, 0.717) is 0 Å². The maximum atomic E-state index is 4.18. The molecule has 0 radical (unpaired) electrons. The van der Waals surface area contributed by atoms with E-state index >= 15 is 0 Å². The molecule has 0 amide bonds. The predicted molar refractivity (Wildman–Crippen MR) is 46.3 cm³/mol. The SMILES string of the molecule is C/C=C/c1n(C)c(S)n[n+]1C. The van der Waals surface area contributed by atoms with E-state index in [1.54, 1.807) is 4.68 Å². The third kappa shape index (κ3) is 1.45. The van der Waals surface area contributed by atoms with E-state index in [-0.39, 0.29) is 0 Å². The summed E-state index contributed by atoms with van der Waals surface area (Å²) in [5.41, 5.74) is 0. The average molecular weight is 170 g/mol. The van der Waals surface area contributed by atoms with Gasteiger partial charge in [0.15, 0.2) is 0 Å². The first kappa shape index (κ1) is 8.33. The number of nitrogens with zero attached hydrogens (tertiary/aromatic N) is 3. The third-order valence-electron chi connectivity index (χ3n) is 1.53. The standard InChI is InChI=1S/C7H11N3S/c1-4-5-6-9(2)7(11)8-10(6)3/h4-5H,1-3H3/p+1/b5-4+. The quantitative estimate of drug-likeness (QED) is 0.483. The first-order valence-electron chi connectivity index (χ1n) is 3.41. The molecule has 11 heavy (non-hydrogen) atoms. The molecule has 3 nitrogen and oxygen atoms in total. The molecular weight excluding hydrogens is 158 g/mol. The second kappa shape index (κ2) is 3.09. The summed E-state index contributed by atoms with van der Waals surface area (Å²) in [6.07, 6.45) is 3.97. The van der Waals surface area contributed by atoms with Crippen molar-refractivity contribution in [3.8, 4) is 0 Å². The van der Waals surface area contributed by atoms with Gasteiger partial charge in [-0.2, -0.15) is 0 Å². The minimum atomic E-state index is 0.723. The van der Waals surface area contributed by atoms with E-state index in [9.17, 15) is 0 Å². The maximum absolute atomic E-state index is 4.18. The number of aryl methyl sites for hydroxylation is 1. The largest absolute Gasteiger partial charge is 0.303 e. The van der Waals surface area contributed by atoms with Crippen molar-refractivity contribution in [2.24, 2.45) is 14.1 Å². The minimum absolute atomic E-state index is 0.723. The van der Waals surface area contributed by atoms with Gasteiger partial charge in [0.2, 0.25) is 0 Å². The number of hydrogen-bond acceptors (Lipinski definition) is 2. The Hall–Kier alpha value is -0.770. The van der Waals surface area contributed by atoms with Crippen LogP contribution in [0, 0.1) is 0 Å². The summed E-state index contributed by atoms with van der Waals surface area (Å²) >= 11 is 4.18. The van der Waals surface area contributed by atoms with Crippen LogP contribution in [0.25, 0.3) is 6.08 Å². The second-order valence-electron chi connectivity index (χ2n) is 2.34. The van der Waals surface area contributed by atoms with Gasteiger partial charge in [-0.25, -0.2) is 4.57 Å². The van der Waals surface area contributed by atoms with Crippen molar-refractivity contribution in [1.29, 1.82) is 0 Å². The monoisotopic (exact) mass is 170 g/mol. The predicted octanol–water partition coefficient (Wildman–Crippen LogP) is 0.566. The molecule has 1 rings (SSSR count). The first-order valence-corrected chi connectivity index (χ1v) is 3.86. The van der Waals surface area contributed by atoms with Crippen LogP contribution in [0.2, 0.25) is 0 Å². The van der Waals surface area contributed by atoms with Gasteiger partial charge in [-0.1, -0.05) is 18.7 Å². The number of thiol groups is 1. The molecule has 0 spiro atoms. The Kier molecular flexibility index (Phi) is 2.34. The zero-order valence-corrected chi connectivity index (χ0v) is 7.84. The van der Waals surface area contributed by atoms with Crippen LogP contribution in [0.5, 0.6) is 0 Å². The highest BCUT2D eigenvalue weighted by molar-refractivity contribution is 7.80. The zero-order valence-electron chi connectivity index (χ0n) is 6.94. The van der Waals surface area contributed by atoms with Crippen molar-refractivity contribution in [2.45, 2.75) is 12.1 Å². The minimum Gasteiger partial charge on any atom is -0.204 e. The van der Waals surface area contributed by atoms with Crippen molar-refractivity contribution in [1.82, 2.24) is 9.67 Å². The lowest BCUT2D eigenvalue weighted by atomic mass is 10.5. The van der Waals surface area contributed by atoms with Crippen LogP contribution in [0.1, 0.15) is 12.7 Å². The molecule has 0 N–H and O–H groups in total. The molecule has 0 aromatic carbocycles. The Bertz CT molecular complexity index is 288. The number of rotatable bonds is 1. The van der Waals surface area contributed by atoms with Gasteiger partial charge in [-0.3, -0.25) is 0 Å². The fourth-order valence-corrected chi connectivity index (χ4v) is 1.18. The van der Waals surface area contributed by atoms with Crippen LogP contribution < -0.4 is 4.68 Å². The highest BCUT2D eigenvalue weighted by atomic mass is 32.1. The highest BCUT2D eigenvalue weighted by Gasteiger charge is 2.13. The van der Waals surface area contributed by atoms with Gasteiger partial charge in [0.05, 0.1) is 7.05 Å². The Balaban J connectivity index is 3.22. The van der Waals surface area contributed by atoms with Crippen LogP contribution in [-0.4, -0.2) is 9.67 Å². The molecule has 60 valence electrons. The normalized spacial score (nSPS) is 11.3. The van der Waals surface area contributed by atoms with Crippen LogP contribution in [0.3, 0.4) is 0 Å². The van der Waals surface area contributed by atoms with Crippen molar-refractivity contribution in [3.63, 3.8) is 0 Å². The number of allylic oxidation sites excluding steroid dienone is 1. The summed E-state index contributed by atoms with van der Waals surface area (Å²) in [7, 11) is 3.83. The fourth-order valence-electron chi connectivity index (χ4n) is 0.941. The molecule has 1 heterocycles. The summed E-state index contributed by atoms with van der Waals surface area (Å²) in [5, 5.41) is 4.84. The van der Waals surface area contributed by atoms with E-state index in [4.69, 9.17) is 0 Å². The molecule has 0 aliphatic heterocycles. The van der Waals surface area contributed by atoms with E-state index in [1.165, 1.54) is 0 Å². The van der Waals surface area contributed by atoms with E-state index < -0.39 is 0 Å². The second-order valence-corrected chi connectivity index (χ2v) is 2.74. The van der Waals surface area contributed by atoms with Crippen LogP contribution in [0.4, 0.5) is 0 Å². The molecule has 0 aliphatic rings. The molecule has 0 saturated carbocycles. The first-order chi connectivity index (χ1) is 5.16. The number of aromatic nitrogens is 3. The van der Waals surface area contributed by atoms with Gasteiger partial charge in [0.1, 0.15) is 7.05 Å². The molecular formula is C7H12N3S+. The van der Waals surface area contributed by atoms with Crippen LogP contribution >= 0.6 is 12.6 Å². The van der Waals surface area contributed by atoms with E-state index in [0.717, 1.165) is 11.0 Å². The highest BCUT2D eigenvalue weighted by Crippen LogP contribution is 2.02. The zero-order chi connectivity index (χ0) is 8.43. The molecule has 0 aliphatic carbocycles. The molecule has 0 atom stereocenters. The molecule has 0 bridgehead atoms. The Morgan fingerprint density at radius 1 is 1.64 bits per heavy atom. The molecule has 0 fully saturated rings. The van der Waals surface area contributed by atoms with Gasteiger partial charge >= 0.3 is 5.82 Å². The van der Waals surface area contributed by atoms with Gasteiger partial charge in [-0.15, -0.1) is 4.68 Å². The molecule has 1 aromatic heterocycles. The third-order valence-corrected chi connectivity index (χ3v) is 1.92. The molecule has 4 heteroatoms. The van der Waals surface area contributed by atoms with Crippen molar-refractivity contribution >= 4 is 18.7 Å². The Labute approximate surface area is 71.8 Å². The average Bonchev–Trinajstić information content (AvgIpc) is 2.17. The van der Waals surface area contributed by atoms with Crippen LogP contribution in [0.15, 0.2) is 11.2 Å². The fraction of sp³-hybridized carbons (Fsp3) is 0.429. The lowest BCUT2D eigenvalue weighted by Gasteiger charge is -1.86. The van der Waals surface area contributed by atoms with Crippen LogP contribution in [-0.2, 0) is 14.1 Å². The summed E-state index contributed by atoms with van der Waals surface area (Å²) in [6, 6.07) is 0. The lowest BCUT2D eigenvalue weighted by Crippen LogP contribution is -2.33. The number of hydrogen-bond donors (Lipinski definition) is 1. The molecule has 0 saturated heterocycles. The smallest absolute Gasteiger partial charge is 0.204 e. The lowest BCUT2D eigenvalue weighted by molar-refractivity contribution is -0.732. The van der Waals surface area contributed by atoms with E-state index in [1.807, 2.05) is 37.7 Å². The van der Waals surface area contributed by atoms with Gasteiger partial charge in [0.25, 0.3) is 5.16 Å². The van der Waals surface area contributed by atoms with Gasteiger partial charge < -0.3 is 0 Å².